The SMILES string of the molecule is CNC(=O)Cn1c(=O)nc(-c2ccccc2)c2c3c(sc21)CCCC3. The number of nitrogens with zero attached hydrogens (tertiary/aromatic N) is 2. The Morgan fingerprint density at radius 3 is 2.76 bits per heavy atom. The summed E-state index contributed by atoms with van der Waals surface area (Å²) in [5.41, 5.74) is 2.63. The fourth-order valence-corrected chi connectivity index (χ4v) is 4.83. The number of benzene rings is 1. The predicted octanol–water partition coefficient (Wildman–Crippen LogP) is 2.75. The lowest BCUT2D eigenvalue weighted by Gasteiger charge is -2.13. The number of carbonyl (C=O) groups excluding carboxylic acids is 1. The summed E-state index contributed by atoms with van der Waals surface area (Å²) in [4.78, 5) is 31.1. The Balaban J connectivity index is 2.04. The van der Waals surface area contributed by atoms with E-state index in [4.69, 9.17) is 0 Å². The molecule has 1 amide bonds. The number of hydrogen-bond acceptors (Lipinski definition) is 4. The average molecular weight is 353 g/mol. The van der Waals surface area contributed by atoms with Gasteiger partial charge in [-0.25, -0.2) is 4.79 Å². The second kappa shape index (κ2) is 6.44. The summed E-state index contributed by atoms with van der Waals surface area (Å²) >= 11 is 1.64. The first kappa shape index (κ1) is 16.0. The van der Waals surface area contributed by atoms with E-state index in [-0.39, 0.29) is 18.1 Å². The van der Waals surface area contributed by atoms with E-state index in [1.165, 1.54) is 21.4 Å². The van der Waals surface area contributed by atoms with E-state index in [1.807, 2.05) is 30.3 Å². The van der Waals surface area contributed by atoms with Gasteiger partial charge in [0.05, 0.1) is 5.69 Å². The van der Waals surface area contributed by atoms with Crippen molar-refractivity contribution in [2.75, 3.05) is 7.05 Å². The van der Waals surface area contributed by atoms with E-state index in [9.17, 15) is 9.59 Å². The number of amides is 1. The molecule has 1 aliphatic carbocycles. The lowest BCUT2D eigenvalue weighted by atomic mass is 9.95. The zero-order valence-electron chi connectivity index (χ0n) is 14.0. The Kier molecular flexibility index (Phi) is 4.13. The molecule has 1 aromatic carbocycles. The molecular weight excluding hydrogens is 334 g/mol. The van der Waals surface area contributed by atoms with Gasteiger partial charge in [0.15, 0.2) is 0 Å². The van der Waals surface area contributed by atoms with Crippen LogP contribution in [0.15, 0.2) is 35.1 Å². The van der Waals surface area contributed by atoms with Gasteiger partial charge in [0.25, 0.3) is 0 Å². The minimum atomic E-state index is -0.367. The Morgan fingerprint density at radius 1 is 1.24 bits per heavy atom. The zero-order valence-corrected chi connectivity index (χ0v) is 14.9. The van der Waals surface area contributed by atoms with Gasteiger partial charge in [0.2, 0.25) is 5.91 Å². The quantitative estimate of drug-likeness (QED) is 0.787. The molecule has 2 aromatic heterocycles. The number of hydrogen-bond donors (Lipinski definition) is 1. The van der Waals surface area contributed by atoms with Gasteiger partial charge in [-0.1, -0.05) is 30.3 Å². The largest absolute Gasteiger partial charge is 0.358 e. The van der Waals surface area contributed by atoms with E-state index in [0.717, 1.165) is 40.7 Å². The van der Waals surface area contributed by atoms with Gasteiger partial charge in [0, 0.05) is 22.9 Å². The highest BCUT2D eigenvalue weighted by atomic mass is 32.1. The van der Waals surface area contributed by atoms with E-state index in [0.29, 0.717) is 0 Å². The minimum absolute atomic E-state index is 0.00724. The van der Waals surface area contributed by atoms with Crippen molar-refractivity contribution >= 4 is 27.5 Å². The highest BCUT2D eigenvalue weighted by Crippen LogP contribution is 2.39. The van der Waals surface area contributed by atoms with E-state index < -0.39 is 0 Å². The molecule has 3 aromatic rings. The average Bonchev–Trinajstić information content (AvgIpc) is 3.03. The van der Waals surface area contributed by atoms with Gasteiger partial charge >= 0.3 is 5.69 Å². The van der Waals surface area contributed by atoms with Crippen molar-refractivity contribution in [1.82, 2.24) is 14.9 Å². The maximum atomic E-state index is 12.7. The molecule has 0 aliphatic heterocycles. The van der Waals surface area contributed by atoms with Crippen LogP contribution in [-0.4, -0.2) is 22.5 Å². The molecular formula is C19H19N3O2S. The highest BCUT2D eigenvalue weighted by Gasteiger charge is 2.23. The van der Waals surface area contributed by atoms with E-state index >= 15 is 0 Å². The first-order chi connectivity index (χ1) is 12.2. The maximum absolute atomic E-state index is 12.7. The van der Waals surface area contributed by atoms with Crippen molar-refractivity contribution in [3.05, 3.63) is 51.3 Å². The van der Waals surface area contributed by atoms with Gasteiger partial charge in [-0.05, 0) is 31.2 Å². The van der Waals surface area contributed by atoms with Crippen molar-refractivity contribution in [3.63, 3.8) is 0 Å². The van der Waals surface area contributed by atoms with Crippen LogP contribution in [0.25, 0.3) is 21.5 Å². The minimum Gasteiger partial charge on any atom is -0.358 e. The van der Waals surface area contributed by atoms with E-state index in [2.05, 4.69) is 10.3 Å². The number of fused-ring (bicyclic) bond motifs is 3. The molecule has 0 unspecified atom stereocenters. The van der Waals surface area contributed by atoms with Crippen LogP contribution in [0.3, 0.4) is 0 Å². The number of thiophene rings is 1. The lowest BCUT2D eigenvalue weighted by molar-refractivity contribution is -0.121. The number of aromatic nitrogens is 2. The molecule has 0 atom stereocenters. The summed E-state index contributed by atoms with van der Waals surface area (Å²) in [6.45, 7) is 0.00724. The molecule has 0 fully saturated rings. The summed E-state index contributed by atoms with van der Waals surface area (Å²) in [7, 11) is 1.58. The third-order valence-electron chi connectivity index (χ3n) is 4.70. The summed E-state index contributed by atoms with van der Waals surface area (Å²) in [6, 6.07) is 9.83. The third-order valence-corrected chi connectivity index (χ3v) is 6.02. The molecule has 0 radical (unpaired) electrons. The molecule has 2 heterocycles. The molecule has 1 aliphatic rings. The third kappa shape index (κ3) is 2.76. The summed E-state index contributed by atoms with van der Waals surface area (Å²) < 4.78 is 1.52. The topological polar surface area (TPSA) is 64.0 Å². The molecule has 4 rings (SSSR count). The van der Waals surface area contributed by atoms with Crippen molar-refractivity contribution < 1.29 is 4.79 Å². The van der Waals surface area contributed by atoms with Crippen LogP contribution in [0.1, 0.15) is 23.3 Å². The molecule has 0 saturated heterocycles. The normalized spacial score (nSPS) is 13.6. The summed E-state index contributed by atoms with van der Waals surface area (Å²) in [5, 5.41) is 3.64. The predicted molar refractivity (Wildman–Crippen MR) is 100 cm³/mol. The molecule has 5 nitrogen and oxygen atoms in total. The highest BCUT2D eigenvalue weighted by molar-refractivity contribution is 7.19. The summed E-state index contributed by atoms with van der Waals surface area (Å²) in [5.74, 6) is -0.191. The first-order valence-electron chi connectivity index (χ1n) is 8.50. The molecule has 25 heavy (non-hydrogen) atoms. The number of carbonyl (C=O) groups is 1. The zero-order chi connectivity index (χ0) is 17.4. The number of nitrogens with one attached hydrogen (secondary N) is 1. The molecule has 0 saturated carbocycles. The van der Waals surface area contributed by atoms with Crippen LogP contribution >= 0.6 is 11.3 Å². The van der Waals surface area contributed by atoms with Gasteiger partial charge in [-0.2, -0.15) is 4.98 Å². The molecule has 6 heteroatoms. The summed E-state index contributed by atoms with van der Waals surface area (Å²) in [6.07, 6.45) is 4.38. The first-order valence-corrected chi connectivity index (χ1v) is 9.31. The van der Waals surface area contributed by atoms with Crippen molar-refractivity contribution in [2.45, 2.75) is 32.2 Å². The van der Waals surface area contributed by atoms with Crippen LogP contribution in [0, 0.1) is 0 Å². The van der Waals surface area contributed by atoms with Gasteiger partial charge in [0.1, 0.15) is 11.4 Å². The van der Waals surface area contributed by atoms with Crippen molar-refractivity contribution in [2.24, 2.45) is 0 Å². The second-order valence-corrected chi connectivity index (χ2v) is 7.34. The number of likely N-dealkylation sites (N-methyl/N-ethyl adjacent to an activating group) is 1. The number of rotatable bonds is 3. The second-order valence-electron chi connectivity index (χ2n) is 6.26. The van der Waals surface area contributed by atoms with Gasteiger partial charge < -0.3 is 5.32 Å². The Labute approximate surface area is 149 Å². The standard InChI is InChI=1S/C19H19N3O2S/c1-20-15(23)11-22-18-16(13-9-5-6-10-14(13)25-18)17(21-19(22)24)12-7-3-2-4-8-12/h2-4,7-8H,5-6,9-11H2,1H3,(H,20,23). The number of aryl methyl sites for hydroxylation is 2. The maximum Gasteiger partial charge on any atom is 0.349 e. The van der Waals surface area contributed by atoms with Gasteiger partial charge in [-0.3, -0.25) is 9.36 Å². The van der Waals surface area contributed by atoms with Crippen LogP contribution < -0.4 is 11.0 Å². The monoisotopic (exact) mass is 353 g/mol. The molecule has 0 bridgehead atoms. The van der Waals surface area contributed by atoms with Crippen LogP contribution in [0.2, 0.25) is 0 Å². The van der Waals surface area contributed by atoms with E-state index in [1.54, 1.807) is 18.4 Å². The Hall–Kier alpha value is -2.47. The van der Waals surface area contributed by atoms with Crippen LogP contribution in [0.5, 0.6) is 0 Å². The van der Waals surface area contributed by atoms with Crippen molar-refractivity contribution in [3.8, 4) is 11.3 Å². The Bertz CT molecular complexity index is 1000. The van der Waals surface area contributed by atoms with Crippen molar-refractivity contribution in [1.29, 1.82) is 0 Å². The fourth-order valence-electron chi connectivity index (χ4n) is 3.45. The lowest BCUT2D eigenvalue weighted by Crippen LogP contribution is -2.31. The fraction of sp³-hybridized carbons (Fsp3) is 0.316. The van der Waals surface area contributed by atoms with Gasteiger partial charge in [-0.15, -0.1) is 11.3 Å². The van der Waals surface area contributed by atoms with Crippen LogP contribution in [0.4, 0.5) is 0 Å². The smallest absolute Gasteiger partial charge is 0.349 e. The van der Waals surface area contributed by atoms with Crippen LogP contribution in [-0.2, 0) is 24.2 Å². The molecule has 0 spiro atoms. The molecule has 1 N–H and O–H groups in total. The molecule has 128 valence electrons. The Morgan fingerprint density at radius 2 is 2.00 bits per heavy atom.